The minimum absolute atomic E-state index is 0.418. The highest BCUT2D eigenvalue weighted by Gasteiger charge is 2.28. The van der Waals surface area contributed by atoms with Gasteiger partial charge < -0.3 is 15.4 Å². The van der Waals surface area contributed by atoms with Crippen molar-refractivity contribution in [2.24, 2.45) is 10.7 Å². The van der Waals surface area contributed by atoms with Gasteiger partial charge in [-0.15, -0.1) is 0 Å². The second-order valence-corrected chi connectivity index (χ2v) is 6.57. The zero-order valence-corrected chi connectivity index (χ0v) is 15.7. The lowest BCUT2D eigenvalue weighted by molar-refractivity contribution is -0.120. The number of pyridine rings is 1. The number of nitrogens with zero attached hydrogens (tertiary/aromatic N) is 3. The number of aliphatic imine (C=N–C) groups is 1. The number of aromatic nitrogens is 1. The molecule has 144 valence electrons. The molecule has 4 bridgehead atoms. The van der Waals surface area contributed by atoms with Gasteiger partial charge in [0.1, 0.15) is 17.6 Å². The quantitative estimate of drug-likeness (QED) is 0.818. The van der Waals surface area contributed by atoms with Crippen LogP contribution >= 0.6 is 0 Å². The first-order valence-corrected chi connectivity index (χ1v) is 9.23. The second-order valence-electron chi connectivity index (χ2n) is 6.57. The highest BCUT2D eigenvalue weighted by molar-refractivity contribution is 5.87. The van der Waals surface area contributed by atoms with Gasteiger partial charge in [-0.05, 0) is 35.9 Å². The molecule has 1 aromatic heterocycles. The lowest BCUT2D eigenvalue weighted by Gasteiger charge is -2.19. The van der Waals surface area contributed by atoms with Crippen LogP contribution < -0.4 is 10.5 Å². The van der Waals surface area contributed by atoms with Crippen molar-refractivity contribution in [3.8, 4) is 5.75 Å². The molecule has 1 atom stereocenters. The summed E-state index contributed by atoms with van der Waals surface area (Å²) in [7, 11) is 0. The maximum absolute atomic E-state index is 11.9. The first-order valence-electron chi connectivity index (χ1n) is 9.23. The zero-order valence-electron chi connectivity index (χ0n) is 15.7. The average Bonchev–Trinajstić information content (AvgIpc) is 3.12. The van der Waals surface area contributed by atoms with Crippen molar-refractivity contribution in [3.63, 3.8) is 0 Å². The van der Waals surface area contributed by atoms with Crippen LogP contribution in [0.25, 0.3) is 17.0 Å². The van der Waals surface area contributed by atoms with Gasteiger partial charge in [-0.1, -0.05) is 36.4 Å². The molecule has 2 aromatic rings. The van der Waals surface area contributed by atoms with Crippen molar-refractivity contribution < 1.29 is 9.53 Å². The van der Waals surface area contributed by atoms with Gasteiger partial charge in [0.05, 0.1) is 12.1 Å². The van der Waals surface area contributed by atoms with Crippen molar-refractivity contribution >= 4 is 29.1 Å². The van der Waals surface area contributed by atoms with Crippen molar-refractivity contribution in [2.45, 2.75) is 6.04 Å². The van der Waals surface area contributed by atoms with E-state index >= 15 is 0 Å². The van der Waals surface area contributed by atoms with Gasteiger partial charge in [0.15, 0.2) is 0 Å². The van der Waals surface area contributed by atoms with Crippen LogP contribution in [-0.4, -0.2) is 34.6 Å². The number of carbonyl (C=O) groups excluding carboxylic acids is 1. The number of hydrogen-bond donors (Lipinski definition) is 1. The van der Waals surface area contributed by atoms with Gasteiger partial charge in [0.25, 0.3) is 0 Å². The molecule has 3 heterocycles. The molecule has 29 heavy (non-hydrogen) atoms. The highest BCUT2D eigenvalue weighted by Crippen LogP contribution is 2.29. The third-order valence-electron chi connectivity index (χ3n) is 4.55. The van der Waals surface area contributed by atoms with Gasteiger partial charge in [-0.3, -0.25) is 14.8 Å². The number of fused-ring (bicyclic) bond motifs is 3. The summed E-state index contributed by atoms with van der Waals surface area (Å²) in [5, 5.41) is 0.898. The van der Waals surface area contributed by atoms with Gasteiger partial charge in [-0.2, -0.15) is 0 Å². The number of hydrogen-bond acceptors (Lipinski definition) is 5. The number of amides is 1. The minimum atomic E-state index is -0.580. The van der Waals surface area contributed by atoms with E-state index < -0.39 is 11.9 Å². The van der Waals surface area contributed by atoms with Crippen LogP contribution in [0.15, 0.2) is 90.1 Å². The van der Waals surface area contributed by atoms with E-state index in [1.807, 2.05) is 60.7 Å². The lowest BCUT2D eigenvalue weighted by atomic mass is 10.1. The Labute approximate surface area is 168 Å². The predicted molar refractivity (Wildman–Crippen MR) is 115 cm³/mol. The highest BCUT2D eigenvalue weighted by atomic mass is 16.5. The molecule has 0 unspecified atom stereocenters. The van der Waals surface area contributed by atoms with E-state index in [9.17, 15) is 4.79 Å². The molecule has 4 rings (SSSR count). The average molecular weight is 384 g/mol. The Bertz CT molecular complexity index is 1110. The van der Waals surface area contributed by atoms with Crippen LogP contribution in [0.5, 0.6) is 5.75 Å². The van der Waals surface area contributed by atoms with E-state index in [0.717, 1.165) is 16.5 Å². The van der Waals surface area contributed by atoms with Crippen LogP contribution in [0.3, 0.4) is 0 Å². The van der Waals surface area contributed by atoms with Crippen LogP contribution in [-0.2, 0) is 4.79 Å². The maximum Gasteiger partial charge on any atom is 0.244 e. The monoisotopic (exact) mass is 384 g/mol. The summed E-state index contributed by atoms with van der Waals surface area (Å²) in [5.74, 6) is 0.892. The molecule has 1 amide bonds. The number of nitrogens with two attached hydrogens (primary N) is 1. The molecule has 0 radical (unpaired) electrons. The predicted octanol–water partition coefficient (Wildman–Crippen LogP) is 3.35. The number of ether oxygens (including phenoxy) is 1. The fraction of sp³-hybridized carbons (Fsp3) is 0.0870. The second kappa shape index (κ2) is 8.39. The summed E-state index contributed by atoms with van der Waals surface area (Å²) < 4.78 is 6.15. The van der Waals surface area contributed by atoms with E-state index in [2.05, 4.69) is 9.98 Å². The largest absolute Gasteiger partial charge is 0.459 e. The first-order chi connectivity index (χ1) is 14.2. The normalized spacial score (nSPS) is 18.6. The number of rotatable bonds is 1. The lowest BCUT2D eigenvalue weighted by Crippen LogP contribution is -2.37. The van der Waals surface area contributed by atoms with Crippen LogP contribution in [0.2, 0.25) is 0 Å². The Morgan fingerprint density at radius 3 is 2.90 bits per heavy atom. The van der Waals surface area contributed by atoms with Crippen molar-refractivity contribution in [2.75, 3.05) is 6.54 Å². The minimum Gasteiger partial charge on any atom is -0.459 e. The van der Waals surface area contributed by atoms with Gasteiger partial charge in [0.2, 0.25) is 5.91 Å². The summed E-state index contributed by atoms with van der Waals surface area (Å²) in [6.45, 7) is 0.418. The molecule has 0 saturated carbocycles. The van der Waals surface area contributed by atoms with Crippen molar-refractivity contribution in [3.05, 3.63) is 90.6 Å². The number of carbonyl (C=O) groups is 1. The molecular formula is C23H20N4O2. The smallest absolute Gasteiger partial charge is 0.244 e. The Morgan fingerprint density at radius 1 is 1.14 bits per heavy atom. The van der Waals surface area contributed by atoms with Gasteiger partial charge in [0, 0.05) is 30.2 Å². The standard InChI is InChI=1S/C23H20N4O2/c24-23(28)21-15-18-16-27(21)13-12-25-10-5-3-1-2-4-6-17-7-8-20-19(14-17)22(29-18)9-11-26-20/h1-15,21H,16H2,(H2,24,28)/t21-/m1/s1. The Hall–Kier alpha value is -3.93. The summed E-state index contributed by atoms with van der Waals surface area (Å²) >= 11 is 0. The molecule has 0 aliphatic carbocycles. The van der Waals surface area contributed by atoms with E-state index in [-0.39, 0.29) is 0 Å². The molecule has 0 saturated heterocycles. The van der Waals surface area contributed by atoms with E-state index in [0.29, 0.717) is 18.1 Å². The molecular weight excluding hydrogens is 364 g/mol. The summed E-state index contributed by atoms with van der Waals surface area (Å²) in [5.41, 5.74) is 7.43. The van der Waals surface area contributed by atoms with E-state index in [1.54, 1.807) is 35.8 Å². The molecule has 6 heteroatoms. The third-order valence-corrected chi connectivity index (χ3v) is 4.55. The fourth-order valence-electron chi connectivity index (χ4n) is 3.16. The topological polar surface area (TPSA) is 80.8 Å². The molecule has 2 N–H and O–H groups in total. The number of primary amides is 1. The third kappa shape index (κ3) is 4.32. The summed E-state index contributed by atoms with van der Waals surface area (Å²) in [6, 6.07) is 7.25. The molecule has 1 aromatic carbocycles. The Morgan fingerprint density at radius 2 is 2.00 bits per heavy atom. The molecule has 0 spiro atoms. The van der Waals surface area contributed by atoms with Crippen LogP contribution in [0.4, 0.5) is 0 Å². The van der Waals surface area contributed by atoms with E-state index in [1.165, 1.54) is 0 Å². The van der Waals surface area contributed by atoms with Gasteiger partial charge >= 0.3 is 0 Å². The SMILES string of the molecule is NC(=O)[C@H]1C=C2CN1C=CN=CC=CC=CC=Cc1ccc3nccc(c3c1)O2. The molecule has 6 nitrogen and oxygen atoms in total. The molecule has 2 aliphatic heterocycles. The Balaban J connectivity index is 1.76. The van der Waals surface area contributed by atoms with Crippen molar-refractivity contribution in [1.82, 2.24) is 9.88 Å². The fourth-order valence-corrected chi connectivity index (χ4v) is 3.16. The van der Waals surface area contributed by atoms with Crippen molar-refractivity contribution in [1.29, 1.82) is 0 Å². The van der Waals surface area contributed by atoms with E-state index in [4.69, 9.17) is 10.5 Å². The summed E-state index contributed by atoms with van der Waals surface area (Å²) in [4.78, 5) is 22.2. The van der Waals surface area contributed by atoms with Crippen LogP contribution in [0.1, 0.15) is 5.56 Å². The zero-order chi connectivity index (χ0) is 20.1. The number of benzene rings is 1. The number of allylic oxidation sites excluding steroid dienone is 5. The maximum atomic E-state index is 11.9. The van der Waals surface area contributed by atoms with Crippen LogP contribution in [0, 0.1) is 0 Å². The first kappa shape index (κ1) is 18.4. The molecule has 0 fully saturated rings. The molecule has 2 aliphatic rings. The van der Waals surface area contributed by atoms with Gasteiger partial charge in [-0.25, -0.2) is 0 Å². The Kier molecular flexibility index (Phi) is 5.33. The summed E-state index contributed by atoms with van der Waals surface area (Å²) in [6.07, 6.45) is 20.1.